The molecule has 0 unspecified atom stereocenters. The molecule has 5 N–H and O–H groups in total. The van der Waals surface area contributed by atoms with Gasteiger partial charge in [-0.05, 0) is 24.3 Å². The van der Waals surface area contributed by atoms with Crippen LogP contribution in [0.5, 0.6) is 5.75 Å². The summed E-state index contributed by atoms with van der Waals surface area (Å²) in [4.78, 5) is 21.2. The highest BCUT2D eigenvalue weighted by atomic mass is 32.2. The zero-order valence-corrected chi connectivity index (χ0v) is 17.2. The van der Waals surface area contributed by atoms with Gasteiger partial charge in [0.1, 0.15) is 23.4 Å². The lowest BCUT2D eigenvalue weighted by atomic mass is 10.2. The zero-order chi connectivity index (χ0) is 23.7. The number of piperazine rings is 1. The average molecular weight is 476 g/mol. The van der Waals surface area contributed by atoms with Crippen molar-refractivity contribution >= 4 is 27.6 Å². The van der Waals surface area contributed by atoms with Crippen molar-refractivity contribution in [2.45, 2.75) is 23.8 Å². The van der Waals surface area contributed by atoms with E-state index >= 15 is 0 Å². The summed E-state index contributed by atoms with van der Waals surface area (Å²) in [6.07, 6.45) is -3.57. The Bertz CT molecular complexity index is 1100. The van der Waals surface area contributed by atoms with Gasteiger partial charge in [-0.2, -0.15) is 4.31 Å². The molecular formula is C17H19F3N6O5S. The number of carbonyl (C=O) groups is 1. The van der Waals surface area contributed by atoms with Gasteiger partial charge in [0, 0.05) is 26.2 Å². The van der Waals surface area contributed by atoms with Crippen molar-refractivity contribution in [2.75, 3.05) is 30.3 Å². The fourth-order valence-corrected chi connectivity index (χ4v) is 4.70. The highest BCUT2D eigenvalue weighted by molar-refractivity contribution is 7.89. The van der Waals surface area contributed by atoms with Crippen LogP contribution in [0.15, 0.2) is 35.4 Å². The molecular weight excluding hydrogens is 457 g/mol. The molecule has 1 aliphatic heterocycles. The van der Waals surface area contributed by atoms with Gasteiger partial charge in [0.25, 0.3) is 0 Å². The van der Waals surface area contributed by atoms with Crippen LogP contribution in [-0.4, -0.2) is 65.8 Å². The number of hydrogen-bond donors (Lipinski definition) is 3. The minimum atomic E-state index is -4.93. The maximum atomic E-state index is 13.0. The maximum absolute atomic E-state index is 13.0. The van der Waals surface area contributed by atoms with Crippen molar-refractivity contribution in [1.82, 2.24) is 14.3 Å². The van der Waals surface area contributed by atoms with Gasteiger partial charge in [-0.1, -0.05) is 0 Å². The Morgan fingerprint density at radius 3 is 2.44 bits per heavy atom. The number of benzene rings is 1. The first-order valence-corrected chi connectivity index (χ1v) is 10.5. The number of rotatable bonds is 6. The Kier molecular flexibility index (Phi) is 6.43. The summed E-state index contributed by atoms with van der Waals surface area (Å²) in [7, 11) is -4.33. The number of nitrogens with zero attached hydrogens (tertiary/aromatic N) is 4. The Morgan fingerprint density at radius 2 is 1.91 bits per heavy atom. The average Bonchev–Trinajstić information content (AvgIpc) is 2.72. The molecule has 3 rings (SSSR count). The van der Waals surface area contributed by atoms with E-state index in [0.717, 1.165) is 28.6 Å². The zero-order valence-electron chi connectivity index (χ0n) is 16.4. The monoisotopic (exact) mass is 476 g/mol. The third-order valence-corrected chi connectivity index (χ3v) is 6.59. The Morgan fingerprint density at radius 1 is 1.25 bits per heavy atom. The van der Waals surface area contributed by atoms with E-state index in [1.54, 1.807) is 0 Å². The number of carboxylic acids is 1. The van der Waals surface area contributed by atoms with Crippen LogP contribution in [0.1, 0.15) is 5.69 Å². The molecule has 1 aromatic heterocycles. The highest BCUT2D eigenvalue weighted by Gasteiger charge is 2.41. The normalized spacial score (nSPS) is 17.9. The topological polar surface area (TPSA) is 165 Å². The smallest absolute Gasteiger partial charge is 0.480 e. The van der Waals surface area contributed by atoms with Crippen LogP contribution in [0.2, 0.25) is 0 Å². The number of nitrogen functional groups attached to an aromatic ring is 1. The Hall–Kier alpha value is -3.17. The van der Waals surface area contributed by atoms with E-state index in [9.17, 15) is 31.5 Å². The second-order valence-electron chi connectivity index (χ2n) is 6.70. The van der Waals surface area contributed by atoms with Gasteiger partial charge in [-0.3, -0.25) is 9.78 Å². The molecule has 0 radical (unpaired) electrons. The van der Waals surface area contributed by atoms with Crippen molar-refractivity contribution in [1.29, 1.82) is 0 Å². The van der Waals surface area contributed by atoms with Gasteiger partial charge in [0.15, 0.2) is 0 Å². The molecule has 1 atom stereocenters. The maximum Gasteiger partial charge on any atom is 0.573 e. The molecule has 0 aliphatic carbocycles. The summed E-state index contributed by atoms with van der Waals surface area (Å²) in [5, 5.41) is 9.64. The summed E-state index contributed by atoms with van der Waals surface area (Å²) < 4.78 is 67.4. The van der Waals surface area contributed by atoms with E-state index in [1.807, 2.05) is 0 Å². The summed E-state index contributed by atoms with van der Waals surface area (Å²) >= 11 is 0. The third kappa shape index (κ3) is 5.00. The lowest BCUT2D eigenvalue weighted by Crippen LogP contribution is -2.58. The minimum Gasteiger partial charge on any atom is -0.480 e. The predicted molar refractivity (Wildman–Crippen MR) is 105 cm³/mol. The first kappa shape index (κ1) is 23.5. The highest BCUT2D eigenvalue weighted by Crippen LogP contribution is 2.28. The number of carboxylic acid groups (broad SMARTS) is 1. The van der Waals surface area contributed by atoms with Crippen LogP contribution in [0, 0.1) is 0 Å². The van der Waals surface area contributed by atoms with Gasteiger partial charge in [-0.15, -0.1) is 13.2 Å². The van der Waals surface area contributed by atoms with E-state index in [1.165, 1.54) is 11.1 Å². The number of anilines is 2. The molecule has 1 saturated heterocycles. The summed E-state index contributed by atoms with van der Waals surface area (Å²) in [6.45, 7) is -0.329. The van der Waals surface area contributed by atoms with Gasteiger partial charge in [-0.25, -0.2) is 13.4 Å². The predicted octanol–water partition coefficient (Wildman–Crippen LogP) is 0.380. The van der Waals surface area contributed by atoms with Crippen LogP contribution in [0.3, 0.4) is 0 Å². The Balaban J connectivity index is 1.83. The van der Waals surface area contributed by atoms with Crippen molar-refractivity contribution in [3.63, 3.8) is 0 Å². The lowest BCUT2D eigenvalue weighted by molar-refractivity contribution is -0.274. The van der Waals surface area contributed by atoms with Crippen LogP contribution < -0.4 is 21.1 Å². The number of nitrogens with two attached hydrogens (primary N) is 2. The molecule has 32 heavy (non-hydrogen) atoms. The standard InChI is InChI=1S/C17H19F3N6O5S/c18-17(19,20)31-10-1-3-11(4-2-10)32(29,30)26-6-5-25(9-13(26)16(27)28)14-8-23-12(7-21)15(22)24-14/h1-4,8,13H,5-7,9,21H2,(H2,22,24)(H,27,28)/t13-/m1/s1. The number of halogens is 3. The molecule has 1 aromatic carbocycles. The molecule has 174 valence electrons. The summed E-state index contributed by atoms with van der Waals surface area (Å²) in [5.74, 6) is -1.67. The van der Waals surface area contributed by atoms with Crippen molar-refractivity contribution in [2.24, 2.45) is 5.73 Å². The number of sulfonamides is 1. The lowest BCUT2D eigenvalue weighted by Gasteiger charge is -2.38. The van der Waals surface area contributed by atoms with Crippen LogP contribution in [0.4, 0.5) is 24.8 Å². The minimum absolute atomic E-state index is 0.0652. The number of hydrogen-bond acceptors (Lipinski definition) is 9. The van der Waals surface area contributed by atoms with Gasteiger partial charge < -0.3 is 26.2 Å². The van der Waals surface area contributed by atoms with E-state index in [2.05, 4.69) is 14.7 Å². The van der Waals surface area contributed by atoms with Gasteiger partial charge in [0.2, 0.25) is 10.0 Å². The number of aromatic nitrogens is 2. The number of ether oxygens (including phenoxy) is 1. The van der Waals surface area contributed by atoms with E-state index in [4.69, 9.17) is 11.5 Å². The molecule has 0 saturated carbocycles. The fourth-order valence-electron chi connectivity index (χ4n) is 3.14. The Labute approximate surface area is 180 Å². The number of alkyl halides is 3. The molecule has 0 amide bonds. The van der Waals surface area contributed by atoms with Gasteiger partial charge >= 0.3 is 12.3 Å². The number of aliphatic carboxylic acids is 1. The van der Waals surface area contributed by atoms with Crippen molar-refractivity contribution in [3.05, 3.63) is 36.2 Å². The van der Waals surface area contributed by atoms with Gasteiger partial charge in [0.05, 0.1) is 16.8 Å². The fraction of sp³-hybridized carbons (Fsp3) is 0.353. The molecule has 11 nitrogen and oxygen atoms in total. The first-order chi connectivity index (χ1) is 14.9. The van der Waals surface area contributed by atoms with Crippen LogP contribution in [-0.2, 0) is 21.4 Å². The van der Waals surface area contributed by atoms with E-state index in [0.29, 0.717) is 5.69 Å². The second kappa shape index (κ2) is 8.76. The first-order valence-electron chi connectivity index (χ1n) is 9.09. The molecule has 0 spiro atoms. The quantitative estimate of drug-likeness (QED) is 0.531. The second-order valence-corrected chi connectivity index (χ2v) is 8.59. The molecule has 1 fully saturated rings. The summed E-state index contributed by atoms with van der Waals surface area (Å²) in [6, 6.07) is 2.02. The molecule has 2 heterocycles. The van der Waals surface area contributed by atoms with E-state index in [-0.39, 0.29) is 42.7 Å². The SMILES string of the molecule is NCc1ncc(N2CCN(S(=O)(=O)c3ccc(OC(F)(F)F)cc3)[C@@H](C(=O)O)C2)nc1N. The molecule has 0 bridgehead atoms. The van der Waals surface area contributed by atoms with Crippen LogP contribution in [0.25, 0.3) is 0 Å². The van der Waals surface area contributed by atoms with Crippen molar-refractivity contribution < 1.29 is 36.2 Å². The molecule has 15 heteroatoms. The summed E-state index contributed by atoms with van der Waals surface area (Å²) in [5.41, 5.74) is 11.6. The van der Waals surface area contributed by atoms with E-state index < -0.39 is 34.1 Å². The third-order valence-electron chi connectivity index (χ3n) is 4.66. The molecule has 2 aromatic rings. The largest absolute Gasteiger partial charge is 0.573 e. The molecule has 1 aliphatic rings. The van der Waals surface area contributed by atoms with Crippen molar-refractivity contribution in [3.8, 4) is 5.75 Å². The van der Waals surface area contributed by atoms with Crippen LogP contribution >= 0.6 is 0 Å².